The van der Waals surface area contributed by atoms with Crippen molar-refractivity contribution in [2.45, 2.75) is 12.2 Å². The number of aliphatic hydroxyl groups excluding tert-OH is 2. The molecular weight excluding hydrogens is 174 g/mol. The quantitative estimate of drug-likeness (QED) is 0.485. The molecule has 5 heteroatoms. The third kappa shape index (κ3) is 4.54. The Morgan fingerprint density at radius 1 is 1.62 bits per heavy atom. The Morgan fingerprint density at radius 2 is 2.46 bits per heavy atom. The minimum Gasteiger partial charge on any atom is -0.394 e. The zero-order valence-electron chi connectivity index (χ0n) is 7.61. The van der Waals surface area contributed by atoms with Crippen molar-refractivity contribution >= 4 is 0 Å². The fourth-order valence-electron chi connectivity index (χ4n) is 1.12. The zero-order chi connectivity index (χ0) is 9.52. The highest BCUT2D eigenvalue weighted by molar-refractivity contribution is 4.66. The summed E-state index contributed by atoms with van der Waals surface area (Å²) < 4.78 is 10.5. The van der Waals surface area contributed by atoms with Crippen molar-refractivity contribution in [1.29, 1.82) is 0 Å². The first-order chi connectivity index (χ1) is 6.33. The van der Waals surface area contributed by atoms with E-state index in [2.05, 4.69) is 5.32 Å². The van der Waals surface area contributed by atoms with Gasteiger partial charge in [0, 0.05) is 13.1 Å². The van der Waals surface area contributed by atoms with Crippen LogP contribution in [0.15, 0.2) is 0 Å². The highest BCUT2D eigenvalue weighted by Gasteiger charge is 2.13. The third-order valence-electron chi connectivity index (χ3n) is 1.83. The zero-order valence-corrected chi connectivity index (χ0v) is 7.61. The van der Waals surface area contributed by atoms with Gasteiger partial charge in [0.05, 0.1) is 32.5 Å². The van der Waals surface area contributed by atoms with Gasteiger partial charge in [-0.15, -0.1) is 0 Å². The largest absolute Gasteiger partial charge is 0.394 e. The van der Waals surface area contributed by atoms with Gasteiger partial charge in [-0.05, 0) is 0 Å². The van der Waals surface area contributed by atoms with E-state index < -0.39 is 6.10 Å². The van der Waals surface area contributed by atoms with Crippen molar-refractivity contribution in [3.63, 3.8) is 0 Å². The third-order valence-corrected chi connectivity index (χ3v) is 1.83. The molecule has 0 saturated carbocycles. The van der Waals surface area contributed by atoms with Gasteiger partial charge >= 0.3 is 0 Å². The molecule has 1 rings (SSSR count). The molecule has 0 aliphatic carbocycles. The van der Waals surface area contributed by atoms with Gasteiger partial charge in [-0.25, -0.2) is 0 Å². The van der Waals surface area contributed by atoms with Crippen molar-refractivity contribution in [1.82, 2.24) is 5.32 Å². The van der Waals surface area contributed by atoms with Crippen molar-refractivity contribution in [3.8, 4) is 0 Å². The lowest BCUT2D eigenvalue weighted by atomic mass is 10.3. The summed E-state index contributed by atoms with van der Waals surface area (Å²) in [4.78, 5) is 0. The van der Waals surface area contributed by atoms with Gasteiger partial charge in [0.1, 0.15) is 6.10 Å². The van der Waals surface area contributed by atoms with Crippen LogP contribution in [0.3, 0.4) is 0 Å². The van der Waals surface area contributed by atoms with E-state index in [1.165, 1.54) is 0 Å². The highest BCUT2D eigenvalue weighted by atomic mass is 16.5. The standard InChI is InChI=1S/C8H17NO4/c10-4-7(11)5-12-6-8-3-9-1-2-13-8/h7-11H,1-6H2. The predicted molar refractivity (Wildman–Crippen MR) is 46.5 cm³/mol. The number of hydrogen-bond donors (Lipinski definition) is 3. The lowest BCUT2D eigenvalue weighted by Crippen LogP contribution is -2.41. The van der Waals surface area contributed by atoms with Crippen molar-refractivity contribution in [2.24, 2.45) is 0 Å². The van der Waals surface area contributed by atoms with Gasteiger partial charge in [-0.1, -0.05) is 0 Å². The van der Waals surface area contributed by atoms with E-state index in [1.807, 2.05) is 0 Å². The van der Waals surface area contributed by atoms with Crippen LogP contribution in [0.5, 0.6) is 0 Å². The van der Waals surface area contributed by atoms with Crippen LogP contribution in [0.4, 0.5) is 0 Å². The molecule has 0 spiro atoms. The molecule has 2 atom stereocenters. The first-order valence-corrected chi connectivity index (χ1v) is 4.52. The molecule has 0 radical (unpaired) electrons. The minimum absolute atomic E-state index is 0.0691. The van der Waals surface area contributed by atoms with Crippen LogP contribution in [0.25, 0.3) is 0 Å². The first kappa shape index (κ1) is 10.9. The Bertz CT molecular complexity index is 127. The lowest BCUT2D eigenvalue weighted by Gasteiger charge is -2.23. The van der Waals surface area contributed by atoms with Gasteiger partial charge < -0.3 is 25.0 Å². The Kier molecular flexibility index (Phi) is 5.26. The number of rotatable bonds is 5. The van der Waals surface area contributed by atoms with Gasteiger partial charge in [-0.3, -0.25) is 0 Å². The summed E-state index contributed by atoms with van der Waals surface area (Å²) in [5.74, 6) is 0. The molecule has 2 unspecified atom stereocenters. The summed E-state index contributed by atoms with van der Waals surface area (Å²) in [5.41, 5.74) is 0. The maximum atomic E-state index is 8.96. The van der Waals surface area contributed by atoms with Crippen LogP contribution in [0.2, 0.25) is 0 Å². The molecule has 0 aromatic carbocycles. The van der Waals surface area contributed by atoms with Crippen LogP contribution in [-0.2, 0) is 9.47 Å². The number of ether oxygens (including phenoxy) is 2. The normalized spacial score (nSPS) is 25.8. The molecule has 0 aromatic heterocycles. The maximum Gasteiger partial charge on any atom is 0.100 e. The average Bonchev–Trinajstić information content (AvgIpc) is 2.19. The predicted octanol–water partition coefficient (Wildman–Crippen LogP) is -1.66. The average molecular weight is 191 g/mol. The second kappa shape index (κ2) is 6.28. The highest BCUT2D eigenvalue weighted by Crippen LogP contribution is 1.97. The number of morpholine rings is 1. The van der Waals surface area contributed by atoms with Gasteiger partial charge in [0.15, 0.2) is 0 Å². The van der Waals surface area contributed by atoms with Crippen molar-refractivity contribution in [3.05, 3.63) is 0 Å². The molecule has 78 valence electrons. The molecule has 3 N–H and O–H groups in total. The summed E-state index contributed by atoms with van der Waals surface area (Å²) in [6, 6.07) is 0. The fraction of sp³-hybridized carbons (Fsp3) is 1.00. The Labute approximate surface area is 77.7 Å². The molecule has 13 heavy (non-hydrogen) atoms. The van der Waals surface area contributed by atoms with E-state index in [1.54, 1.807) is 0 Å². The molecule has 0 aromatic rings. The molecule has 1 aliphatic rings. The van der Waals surface area contributed by atoms with Crippen molar-refractivity contribution < 1.29 is 19.7 Å². The number of hydrogen-bond acceptors (Lipinski definition) is 5. The molecule has 1 aliphatic heterocycles. The van der Waals surface area contributed by atoms with Gasteiger partial charge in [0.25, 0.3) is 0 Å². The summed E-state index contributed by atoms with van der Waals surface area (Å²) in [6.07, 6.45) is -0.712. The SMILES string of the molecule is OCC(O)COCC1CNCCO1. The second-order valence-electron chi connectivity index (χ2n) is 3.07. The van der Waals surface area contributed by atoms with E-state index >= 15 is 0 Å². The van der Waals surface area contributed by atoms with Crippen LogP contribution in [0, 0.1) is 0 Å². The molecule has 1 fully saturated rings. The van der Waals surface area contributed by atoms with E-state index in [0.717, 1.165) is 13.1 Å². The smallest absolute Gasteiger partial charge is 0.100 e. The van der Waals surface area contributed by atoms with E-state index in [0.29, 0.717) is 13.2 Å². The number of nitrogens with one attached hydrogen (secondary N) is 1. The maximum absolute atomic E-state index is 8.96. The molecular formula is C8H17NO4. The Balaban J connectivity index is 1.98. The second-order valence-corrected chi connectivity index (χ2v) is 3.07. The van der Waals surface area contributed by atoms with E-state index in [-0.39, 0.29) is 19.3 Å². The molecule has 0 bridgehead atoms. The topological polar surface area (TPSA) is 71.0 Å². The molecule has 1 saturated heterocycles. The first-order valence-electron chi connectivity index (χ1n) is 4.52. The molecule has 1 heterocycles. The lowest BCUT2D eigenvalue weighted by molar-refractivity contribution is -0.0568. The van der Waals surface area contributed by atoms with Crippen LogP contribution < -0.4 is 5.32 Å². The fourth-order valence-corrected chi connectivity index (χ4v) is 1.12. The Morgan fingerprint density at radius 3 is 3.08 bits per heavy atom. The van der Waals surface area contributed by atoms with E-state index in [9.17, 15) is 0 Å². The summed E-state index contributed by atoms with van der Waals surface area (Å²) in [7, 11) is 0. The van der Waals surface area contributed by atoms with E-state index in [4.69, 9.17) is 19.7 Å². The monoisotopic (exact) mass is 191 g/mol. The molecule has 0 amide bonds. The Hall–Kier alpha value is -0.200. The summed E-state index contributed by atoms with van der Waals surface area (Å²) in [5, 5.41) is 20.6. The summed E-state index contributed by atoms with van der Waals surface area (Å²) in [6.45, 7) is 2.74. The van der Waals surface area contributed by atoms with Gasteiger partial charge in [-0.2, -0.15) is 0 Å². The van der Waals surface area contributed by atoms with Crippen LogP contribution in [0.1, 0.15) is 0 Å². The minimum atomic E-state index is -0.781. The molecule has 5 nitrogen and oxygen atoms in total. The van der Waals surface area contributed by atoms with Gasteiger partial charge in [0.2, 0.25) is 0 Å². The number of aliphatic hydroxyl groups is 2. The van der Waals surface area contributed by atoms with Crippen molar-refractivity contribution in [2.75, 3.05) is 39.5 Å². The summed E-state index contributed by atoms with van der Waals surface area (Å²) >= 11 is 0. The van der Waals surface area contributed by atoms with Crippen LogP contribution >= 0.6 is 0 Å². The van der Waals surface area contributed by atoms with Crippen LogP contribution in [-0.4, -0.2) is 61.9 Å².